The molecule has 1 N–H and O–H groups in total. The summed E-state index contributed by atoms with van der Waals surface area (Å²) in [5.41, 5.74) is 2.97. The van der Waals surface area contributed by atoms with Gasteiger partial charge in [0.1, 0.15) is 17.1 Å². The first-order chi connectivity index (χ1) is 15.0. The monoisotopic (exact) mass is 436 g/mol. The first-order valence-electron chi connectivity index (χ1n) is 9.67. The van der Waals surface area contributed by atoms with E-state index >= 15 is 0 Å². The number of ether oxygens (including phenoxy) is 1. The first kappa shape index (κ1) is 20.5. The molecule has 3 aromatic heterocycles. The van der Waals surface area contributed by atoms with Crippen molar-refractivity contribution >= 4 is 33.9 Å². The highest BCUT2D eigenvalue weighted by atomic mass is 32.1. The topological polar surface area (TPSA) is 94.7 Å². The van der Waals surface area contributed by atoms with Crippen LogP contribution < -0.4 is 11.0 Å². The van der Waals surface area contributed by atoms with Crippen molar-refractivity contribution in [3.8, 4) is 11.1 Å². The molecule has 0 unspecified atom stereocenters. The zero-order valence-electron chi connectivity index (χ0n) is 17.0. The van der Waals surface area contributed by atoms with Gasteiger partial charge in [-0.25, -0.2) is 14.3 Å². The molecule has 0 saturated heterocycles. The average Bonchev–Trinajstić information content (AvgIpc) is 3.30. The second kappa shape index (κ2) is 8.57. The average molecular weight is 436 g/mol. The number of fused-ring (bicyclic) bond motifs is 1. The zero-order chi connectivity index (χ0) is 22.0. The first-order valence-corrected chi connectivity index (χ1v) is 10.6. The Hall–Kier alpha value is -3.72. The van der Waals surface area contributed by atoms with E-state index in [9.17, 15) is 14.4 Å². The predicted octanol–water partition coefficient (Wildman–Crippen LogP) is 3.35. The van der Waals surface area contributed by atoms with Crippen LogP contribution in [0.2, 0.25) is 0 Å². The number of benzene rings is 1. The van der Waals surface area contributed by atoms with Crippen LogP contribution in [0.25, 0.3) is 16.8 Å². The van der Waals surface area contributed by atoms with E-state index in [1.807, 2.05) is 36.6 Å². The number of carbonyl (C=O) groups is 2. The summed E-state index contributed by atoms with van der Waals surface area (Å²) < 4.78 is 7.66. The maximum absolute atomic E-state index is 12.7. The van der Waals surface area contributed by atoms with Crippen molar-refractivity contribution in [1.82, 2.24) is 14.2 Å². The maximum atomic E-state index is 12.7. The molecule has 0 aliphatic rings. The third-order valence-corrected chi connectivity index (χ3v) is 5.56. The van der Waals surface area contributed by atoms with Gasteiger partial charge in [-0.2, -0.15) is 0 Å². The number of hydrogen-bond acceptors (Lipinski definition) is 6. The van der Waals surface area contributed by atoms with E-state index < -0.39 is 17.6 Å². The molecule has 4 aromatic rings. The number of thiophene rings is 1. The molecule has 1 amide bonds. The molecule has 1 aromatic carbocycles. The van der Waals surface area contributed by atoms with Gasteiger partial charge in [0.05, 0.1) is 6.61 Å². The predicted molar refractivity (Wildman–Crippen MR) is 119 cm³/mol. The number of pyridine rings is 1. The lowest BCUT2D eigenvalue weighted by molar-refractivity contribution is -0.116. The molecular weight excluding hydrogens is 416 g/mol. The minimum absolute atomic E-state index is 0.214. The number of aromatic nitrogens is 3. The SMILES string of the molecule is CCOC(=O)c1c(-c2ccc(C)cc2)csc1NC(=O)Cn1nc2ccccn2c1=O. The third kappa shape index (κ3) is 4.13. The van der Waals surface area contributed by atoms with E-state index in [2.05, 4.69) is 10.4 Å². The van der Waals surface area contributed by atoms with Crippen LogP contribution in [0.5, 0.6) is 0 Å². The molecule has 0 spiro atoms. The van der Waals surface area contributed by atoms with Crippen molar-refractivity contribution in [2.75, 3.05) is 11.9 Å². The fourth-order valence-corrected chi connectivity index (χ4v) is 4.15. The molecule has 0 atom stereocenters. The molecule has 4 rings (SSSR count). The highest BCUT2D eigenvalue weighted by Crippen LogP contribution is 2.36. The number of rotatable bonds is 6. The largest absolute Gasteiger partial charge is 0.462 e. The molecule has 8 nitrogen and oxygen atoms in total. The summed E-state index contributed by atoms with van der Waals surface area (Å²) in [6, 6.07) is 12.9. The Balaban J connectivity index is 1.63. The van der Waals surface area contributed by atoms with Crippen molar-refractivity contribution in [3.63, 3.8) is 0 Å². The maximum Gasteiger partial charge on any atom is 0.350 e. The van der Waals surface area contributed by atoms with Crippen LogP contribution in [0, 0.1) is 6.92 Å². The lowest BCUT2D eigenvalue weighted by Gasteiger charge is -2.09. The number of hydrogen-bond donors (Lipinski definition) is 1. The van der Waals surface area contributed by atoms with Crippen LogP contribution in [0.4, 0.5) is 5.00 Å². The smallest absolute Gasteiger partial charge is 0.350 e. The van der Waals surface area contributed by atoms with Gasteiger partial charge in [0.2, 0.25) is 5.91 Å². The highest BCUT2D eigenvalue weighted by molar-refractivity contribution is 7.15. The summed E-state index contributed by atoms with van der Waals surface area (Å²) in [6.07, 6.45) is 1.59. The van der Waals surface area contributed by atoms with Gasteiger partial charge < -0.3 is 10.1 Å². The normalized spacial score (nSPS) is 10.9. The second-order valence-corrected chi connectivity index (χ2v) is 7.74. The molecule has 31 heavy (non-hydrogen) atoms. The Morgan fingerprint density at radius 3 is 2.65 bits per heavy atom. The Morgan fingerprint density at radius 2 is 1.94 bits per heavy atom. The number of aryl methyl sites for hydroxylation is 1. The lowest BCUT2D eigenvalue weighted by atomic mass is 10.0. The van der Waals surface area contributed by atoms with Gasteiger partial charge in [-0.05, 0) is 31.5 Å². The minimum Gasteiger partial charge on any atom is -0.462 e. The Labute approximate surface area is 181 Å². The summed E-state index contributed by atoms with van der Waals surface area (Å²) >= 11 is 1.23. The standard InChI is InChI=1S/C22H20N4O4S/c1-3-30-21(28)19-16(15-9-7-14(2)8-10-15)13-31-20(19)23-18(27)12-26-22(29)25-11-5-4-6-17(25)24-26/h4-11,13H,3,12H2,1-2H3,(H,23,27). The van der Waals surface area contributed by atoms with Crippen molar-refractivity contribution in [3.05, 3.63) is 75.7 Å². The van der Waals surface area contributed by atoms with E-state index in [0.29, 0.717) is 21.8 Å². The Kier molecular flexibility index (Phi) is 5.68. The van der Waals surface area contributed by atoms with E-state index in [0.717, 1.165) is 15.8 Å². The molecule has 158 valence electrons. The van der Waals surface area contributed by atoms with Crippen LogP contribution in [0.1, 0.15) is 22.8 Å². The summed E-state index contributed by atoms with van der Waals surface area (Å²) in [6.45, 7) is 3.65. The molecular formula is C22H20N4O4S. The van der Waals surface area contributed by atoms with Crippen molar-refractivity contribution in [1.29, 1.82) is 0 Å². The number of nitrogens with one attached hydrogen (secondary N) is 1. The zero-order valence-corrected chi connectivity index (χ0v) is 17.8. The van der Waals surface area contributed by atoms with Gasteiger partial charge in [-0.3, -0.25) is 9.20 Å². The number of nitrogens with zero attached hydrogens (tertiary/aromatic N) is 3. The number of amides is 1. The van der Waals surface area contributed by atoms with E-state index in [4.69, 9.17) is 4.74 Å². The van der Waals surface area contributed by atoms with Gasteiger partial charge in [-0.1, -0.05) is 35.9 Å². The molecule has 0 fully saturated rings. The Bertz CT molecular complexity index is 1320. The van der Waals surface area contributed by atoms with Crippen LogP contribution in [-0.4, -0.2) is 32.7 Å². The van der Waals surface area contributed by atoms with Gasteiger partial charge in [0.25, 0.3) is 0 Å². The van der Waals surface area contributed by atoms with Gasteiger partial charge >= 0.3 is 11.7 Å². The fraction of sp³-hybridized carbons (Fsp3) is 0.182. The van der Waals surface area contributed by atoms with Crippen LogP contribution in [-0.2, 0) is 16.1 Å². The molecule has 0 aliphatic heterocycles. The molecule has 0 aliphatic carbocycles. The fourth-order valence-electron chi connectivity index (χ4n) is 3.17. The summed E-state index contributed by atoms with van der Waals surface area (Å²) in [7, 11) is 0. The molecule has 0 radical (unpaired) electrons. The van der Waals surface area contributed by atoms with Crippen molar-refractivity contribution in [2.45, 2.75) is 20.4 Å². The molecule has 9 heteroatoms. The summed E-state index contributed by atoms with van der Waals surface area (Å²) in [5, 5.41) is 9.08. The number of carbonyl (C=O) groups excluding carboxylic acids is 2. The van der Waals surface area contributed by atoms with Gasteiger partial charge in [0, 0.05) is 17.1 Å². The summed E-state index contributed by atoms with van der Waals surface area (Å²) in [5.74, 6) is -0.979. The minimum atomic E-state index is -0.514. The van der Waals surface area contributed by atoms with Crippen molar-refractivity contribution < 1.29 is 14.3 Å². The molecule has 3 heterocycles. The van der Waals surface area contributed by atoms with E-state index in [1.165, 1.54) is 15.7 Å². The van der Waals surface area contributed by atoms with Crippen LogP contribution in [0.15, 0.2) is 58.8 Å². The number of esters is 1. The van der Waals surface area contributed by atoms with E-state index in [1.54, 1.807) is 31.3 Å². The number of anilines is 1. The molecule has 0 bridgehead atoms. The Morgan fingerprint density at radius 1 is 1.16 bits per heavy atom. The van der Waals surface area contributed by atoms with Crippen molar-refractivity contribution in [2.24, 2.45) is 0 Å². The molecule has 0 saturated carbocycles. The third-order valence-electron chi connectivity index (χ3n) is 4.67. The summed E-state index contributed by atoms with van der Waals surface area (Å²) in [4.78, 5) is 37.7. The van der Waals surface area contributed by atoms with Crippen LogP contribution >= 0.6 is 11.3 Å². The van der Waals surface area contributed by atoms with Crippen LogP contribution in [0.3, 0.4) is 0 Å². The van der Waals surface area contributed by atoms with Gasteiger partial charge in [-0.15, -0.1) is 16.4 Å². The second-order valence-electron chi connectivity index (χ2n) is 6.86. The van der Waals surface area contributed by atoms with Gasteiger partial charge in [0.15, 0.2) is 5.65 Å². The highest BCUT2D eigenvalue weighted by Gasteiger charge is 2.23. The van der Waals surface area contributed by atoms with E-state index in [-0.39, 0.29) is 13.2 Å². The quantitative estimate of drug-likeness (QED) is 0.468. The lowest BCUT2D eigenvalue weighted by Crippen LogP contribution is -2.28.